The second-order valence-electron chi connectivity index (χ2n) is 7.28. The summed E-state index contributed by atoms with van der Waals surface area (Å²) in [6.45, 7) is 0.209. The molecule has 0 radical (unpaired) electrons. The monoisotopic (exact) mass is 482 g/mol. The molecule has 0 amide bonds. The Morgan fingerprint density at radius 2 is 1.88 bits per heavy atom. The second kappa shape index (κ2) is 10.3. The Balaban J connectivity index is 1.65. The zero-order chi connectivity index (χ0) is 23.4. The standard InChI is InChI=1S/C24H19ClFN3O3S/c25-23-16(7-4-12-28-33(31)32)8-10-18(26)22(23)24(30)17-9-11-19-20(13-17)29-21(14-27-19)15-5-2-1-3-6-15/h1-3,5-6,8-11,13-14,28H,4,7,12H2,(H,31,32)/p-1. The van der Waals surface area contributed by atoms with Crippen LogP contribution in [0.25, 0.3) is 22.3 Å². The van der Waals surface area contributed by atoms with Crippen molar-refractivity contribution in [2.75, 3.05) is 6.54 Å². The van der Waals surface area contributed by atoms with E-state index in [0.29, 0.717) is 35.1 Å². The quantitative estimate of drug-likeness (QED) is 0.224. The zero-order valence-corrected chi connectivity index (χ0v) is 18.8. The number of aromatic nitrogens is 2. The molecule has 3 aromatic carbocycles. The van der Waals surface area contributed by atoms with Crippen LogP contribution in [0.4, 0.5) is 4.39 Å². The fourth-order valence-electron chi connectivity index (χ4n) is 3.48. The number of nitrogens with zero attached hydrogens (tertiary/aromatic N) is 2. The predicted molar refractivity (Wildman–Crippen MR) is 125 cm³/mol. The van der Waals surface area contributed by atoms with Gasteiger partial charge in [-0.1, -0.05) is 48.0 Å². The SMILES string of the molecule is O=C(c1ccc2ncc(-c3ccccc3)nc2c1)c1c(F)ccc(CCCNS(=O)[O-])c1Cl. The highest BCUT2D eigenvalue weighted by atomic mass is 35.5. The number of aryl methyl sites for hydroxylation is 1. The minimum Gasteiger partial charge on any atom is -0.760 e. The van der Waals surface area contributed by atoms with Gasteiger partial charge in [0, 0.05) is 28.9 Å². The Hall–Kier alpha value is -3.04. The van der Waals surface area contributed by atoms with Crippen LogP contribution in [-0.2, 0) is 17.7 Å². The molecule has 1 heterocycles. The normalized spacial score (nSPS) is 12.1. The smallest absolute Gasteiger partial charge is 0.197 e. The number of rotatable bonds is 8. The Kier molecular flexibility index (Phi) is 7.20. The van der Waals surface area contributed by atoms with Crippen molar-refractivity contribution in [2.24, 2.45) is 0 Å². The van der Waals surface area contributed by atoms with Gasteiger partial charge >= 0.3 is 0 Å². The molecule has 6 nitrogen and oxygen atoms in total. The van der Waals surface area contributed by atoms with Crippen molar-refractivity contribution in [2.45, 2.75) is 12.8 Å². The van der Waals surface area contributed by atoms with Gasteiger partial charge in [-0.25, -0.2) is 14.1 Å². The summed E-state index contributed by atoms with van der Waals surface area (Å²) in [5, 5.41) is 0.0208. The predicted octanol–water partition coefficient (Wildman–Crippen LogP) is 4.64. The molecule has 1 aromatic heterocycles. The molecular weight excluding hydrogens is 465 g/mol. The van der Waals surface area contributed by atoms with Gasteiger partial charge in [-0.05, 0) is 42.7 Å². The molecule has 4 aromatic rings. The maximum atomic E-state index is 14.6. The third-order valence-electron chi connectivity index (χ3n) is 5.11. The first kappa shape index (κ1) is 23.1. The van der Waals surface area contributed by atoms with Crippen LogP contribution >= 0.6 is 11.6 Å². The summed E-state index contributed by atoms with van der Waals surface area (Å²) < 4.78 is 38.0. The minimum absolute atomic E-state index is 0.0208. The molecular formula is C24H18ClFN3O3S-. The van der Waals surface area contributed by atoms with Gasteiger partial charge < -0.3 is 4.55 Å². The van der Waals surface area contributed by atoms with Crippen LogP contribution in [0.5, 0.6) is 0 Å². The number of carbonyl (C=O) groups is 1. The Morgan fingerprint density at radius 3 is 2.64 bits per heavy atom. The molecule has 33 heavy (non-hydrogen) atoms. The van der Waals surface area contributed by atoms with Gasteiger partial charge in [0.05, 0.1) is 33.5 Å². The Labute approximate surface area is 197 Å². The largest absolute Gasteiger partial charge is 0.760 e. The summed E-state index contributed by atoms with van der Waals surface area (Å²) in [5.41, 5.74) is 3.24. The van der Waals surface area contributed by atoms with Gasteiger partial charge in [-0.3, -0.25) is 14.0 Å². The average Bonchev–Trinajstić information content (AvgIpc) is 2.82. The maximum absolute atomic E-state index is 14.6. The number of nitrogens with one attached hydrogen (secondary N) is 1. The van der Waals surface area contributed by atoms with E-state index in [4.69, 9.17) is 11.6 Å². The first-order chi connectivity index (χ1) is 15.9. The lowest BCUT2D eigenvalue weighted by Gasteiger charge is -2.12. The van der Waals surface area contributed by atoms with E-state index in [0.717, 1.165) is 5.56 Å². The van der Waals surface area contributed by atoms with Gasteiger partial charge in [-0.15, -0.1) is 0 Å². The van der Waals surface area contributed by atoms with Crippen LogP contribution in [0, 0.1) is 5.82 Å². The van der Waals surface area contributed by atoms with Gasteiger partial charge in [0.25, 0.3) is 0 Å². The van der Waals surface area contributed by atoms with Crippen molar-refractivity contribution in [1.29, 1.82) is 0 Å². The molecule has 0 saturated heterocycles. The molecule has 168 valence electrons. The number of benzene rings is 3. The molecule has 4 rings (SSSR count). The van der Waals surface area contributed by atoms with E-state index in [9.17, 15) is 17.9 Å². The fourth-order valence-corrected chi connectivity index (χ4v) is 4.12. The van der Waals surface area contributed by atoms with Gasteiger partial charge in [0.1, 0.15) is 5.82 Å². The lowest BCUT2D eigenvalue weighted by atomic mass is 9.98. The highest BCUT2D eigenvalue weighted by Crippen LogP contribution is 2.28. The zero-order valence-electron chi connectivity index (χ0n) is 17.3. The fraction of sp³-hybridized carbons (Fsp3) is 0.125. The average molecular weight is 483 g/mol. The van der Waals surface area contributed by atoms with Gasteiger partial charge in [-0.2, -0.15) is 0 Å². The van der Waals surface area contributed by atoms with E-state index in [1.807, 2.05) is 30.3 Å². The van der Waals surface area contributed by atoms with Crippen LogP contribution in [0.2, 0.25) is 5.02 Å². The summed E-state index contributed by atoms with van der Waals surface area (Å²) in [7, 11) is 0. The molecule has 1 unspecified atom stereocenters. The second-order valence-corrected chi connectivity index (χ2v) is 8.42. The topological polar surface area (TPSA) is 95.0 Å². The molecule has 9 heteroatoms. The first-order valence-corrected chi connectivity index (χ1v) is 11.6. The van der Waals surface area contributed by atoms with Crippen molar-refractivity contribution in [3.63, 3.8) is 0 Å². The Bertz CT molecular complexity index is 1350. The molecule has 0 aliphatic heterocycles. The van der Waals surface area contributed by atoms with Gasteiger partial charge in [0.2, 0.25) is 0 Å². The highest BCUT2D eigenvalue weighted by Gasteiger charge is 2.21. The summed E-state index contributed by atoms with van der Waals surface area (Å²) in [4.78, 5) is 22.2. The summed E-state index contributed by atoms with van der Waals surface area (Å²) in [5.74, 6) is -1.29. The molecule has 0 aliphatic rings. The van der Waals surface area contributed by atoms with Crippen molar-refractivity contribution in [3.8, 4) is 11.3 Å². The Morgan fingerprint density at radius 1 is 1.09 bits per heavy atom. The van der Waals surface area contributed by atoms with Crippen LogP contribution in [0.3, 0.4) is 0 Å². The third-order valence-corrected chi connectivity index (χ3v) is 5.99. The van der Waals surface area contributed by atoms with Crippen molar-refractivity contribution < 1.29 is 17.9 Å². The summed E-state index contributed by atoms with van der Waals surface area (Å²) in [6.07, 6.45) is 2.49. The van der Waals surface area contributed by atoms with Crippen molar-refractivity contribution in [1.82, 2.24) is 14.7 Å². The van der Waals surface area contributed by atoms with E-state index in [2.05, 4.69) is 14.7 Å². The number of fused-ring (bicyclic) bond motifs is 1. The maximum Gasteiger partial charge on any atom is 0.197 e. The van der Waals surface area contributed by atoms with E-state index in [-0.39, 0.29) is 22.7 Å². The highest BCUT2D eigenvalue weighted by molar-refractivity contribution is 7.77. The van der Waals surface area contributed by atoms with Crippen LogP contribution in [0.15, 0.2) is 66.9 Å². The molecule has 0 saturated carbocycles. The molecule has 1 N–H and O–H groups in total. The van der Waals surface area contributed by atoms with E-state index in [1.165, 1.54) is 12.1 Å². The van der Waals surface area contributed by atoms with Crippen LogP contribution in [-0.4, -0.2) is 31.1 Å². The number of hydrogen-bond donors (Lipinski definition) is 1. The molecule has 0 spiro atoms. The molecule has 0 bridgehead atoms. The third kappa shape index (κ3) is 5.31. The van der Waals surface area contributed by atoms with Crippen LogP contribution < -0.4 is 4.72 Å². The summed E-state index contributed by atoms with van der Waals surface area (Å²) >= 11 is 4.04. The molecule has 0 fully saturated rings. The molecule has 1 atom stereocenters. The minimum atomic E-state index is -2.35. The number of hydrogen-bond acceptors (Lipinski definition) is 5. The van der Waals surface area contributed by atoms with E-state index in [1.54, 1.807) is 24.4 Å². The number of carbonyl (C=O) groups excluding carboxylic acids is 1. The van der Waals surface area contributed by atoms with Crippen LogP contribution in [0.1, 0.15) is 27.9 Å². The lowest BCUT2D eigenvalue weighted by molar-refractivity contribution is 0.103. The van der Waals surface area contributed by atoms with Crippen molar-refractivity contribution >= 4 is 39.7 Å². The number of ketones is 1. The van der Waals surface area contributed by atoms with E-state index >= 15 is 0 Å². The lowest BCUT2D eigenvalue weighted by Crippen LogP contribution is -2.18. The first-order valence-electron chi connectivity index (χ1n) is 10.1. The summed E-state index contributed by atoms with van der Waals surface area (Å²) in [6, 6.07) is 17.0. The number of halogens is 2. The van der Waals surface area contributed by atoms with Gasteiger partial charge in [0.15, 0.2) is 5.78 Å². The van der Waals surface area contributed by atoms with Crippen molar-refractivity contribution in [3.05, 3.63) is 94.4 Å². The van der Waals surface area contributed by atoms with E-state index < -0.39 is 22.9 Å². The molecule has 0 aliphatic carbocycles.